The Morgan fingerprint density at radius 2 is 2.11 bits per heavy atom. The summed E-state index contributed by atoms with van der Waals surface area (Å²) in [6.45, 7) is 1.83. The van der Waals surface area contributed by atoms with Gasteiger partial charge in [0.25, 0.3) is 5.91 Å². The van der Waals surface area contributed by atoms with Crippen LogP contribution in [0, 0.1) is 0 Å². The minimum Gasteiger partial charge on any atom is -0.480 e. The standard InChI is InChI=1S/C12H13NO5/c1-2-8(12(15)16)13-11(14)7-3-4-9-10(5-7)18-6-17-9/h3-5,8H,2,6H2,1H3,(H,13,14)(H,15,16)/t8-/m0/s1. The molecule has 1 aromatic carbocycles. The van der Waals surface area contributed by atoms with Crippen LogP contribution in [0.3, 0.4) is 0 Å². The first-order valence-corrected chi connectivity index (χ1v) is 5.55. The van der Waals surface area contributed by atoms with Crippen molar-refractivity contribution in [3.05, 3.63) is 23.8 Å². The fourth-order valence-electron chi connectivity index (χ4n) is 1.62. The van der Waals surface area contributed by atoms with Crippen molar-refractivity contribution in [1.82, 2.24) is 5.32 Å². The highest BCUT2D eigenvalue weighted by Crippen LogP contribution is 2.32. The minimum atomic E-state index is -1.05. The lowest BCUT2D eigenvalue weighted by Gasteiger charge is -2.12. The zero-order valence-electron chi connectivity index (χ0n) is 9.80. The van der Waals surface area contributed by atoms with E-state index in [0.717, 1.165) is 0 Å². The molecule has 0 saturated heterocycles. The Morgan fingerprint density at radius 1 is 1.39 bits per heavy atom. The molecule has 18 heavy (non-hydrogen) atoms. The number of nitrogens with one attached hydrogen (secondary N) is 1. The molecule has 6 heteroatoms. The number of hydrogen-bond donors (Lipinski definition) is 2. The molecular weight excluding hydrogens is 238 g/mol. The summed E-state index contributed by atoms with van der Waals surface area (Å²) in [5.74, 6) is -0.419. The Hall–Kier alpha value is -2.24. The first kappa shape index (κ1) is 12.2. The van der Waals surface area contributed by atoms with E-state index in [9.17, 15) is 9.59 Å². The van der Waals surface area contributed by atoms with E-state index < -0.39 is 17.9 Å². The smallest absolute Gasteiger partial charge is 0.326 e. The van der Waals surface area contributed by atoms with Crippen LogP contribution in [0.2, 0.25) is 0 Å². The minimum absolute atomic E-state index is 0.132. The fraction of sp³-hybridized carbons (Fsp3) is 0.333. The van der Waals surface area contributed by atoms with Gasteiger partial charge in [0.15, 0.2) is 11.5 Å². The van der Waals surface area contributed by atoms with E-state index in [1.807, 2.05) is 0 Å². The fourth-order valence-corrected chi connectivity index (χ4v) is 1.62. The Morgan fingerprint density at radius 3 is 2.78 bits per heavy atom. The second-order valence-corrected chi connectivity index (χ2v) is 3.84. The van der Waals surface area contributed by atoms with Crippen LogP contribution in [-0.2, 0) is 4.79 Å². The highest BCUT2D eigenvalue weighted by Gasteiger charge is 2.20. The van der Waals surface area contributed by atoms with Gasteiger partial charge in [0.05, 0.1) is 0 Å². The van der Waals surface area contributed by atoms with Gasteiger partial charge in [-0.3, -0.25) is 4.79 Å². The average Bonchev–Trinajstić information content (AvgIpc) is 2.82. The first-order chi connectivity index (χ1) is 8.61. The van der Waals surface area contributed by atoms with Gasteiger partial charge >= 0.3 is 5.97 Å². The summed E-state index contributed by atoms with van der Waals surface area (Å²) in [6, 6.07) is 3.84. The number of carbonyl (C=O) groups is 2. The summed E-state index contributed by atoms with van der Waals surface area (Å²) in [5.41, 5.74) is 0.346. The molecule has 6 nitrogen and oxygen atoms in total. The maximum Gasteiger partial charge on any atom is 0.326 e. The van der Waals surface area contributed by atoms with E-state index in [-0.39, 0.29) is 6.79 Å². The summed E-state index contributed by atoms with van der Waals surface area (Å²) in [4.78, 5) is 22.7. The third-order valence-corrected chi connectivity index (χ3v) is 2.65. The number of hydrogen-bond acceptors (Lipinski definition) is 4. The number of carboxylic acids is 1. The molecule has 2 rings (SSSR count). The molecule has 1 atom stereocenters. The van der Waals surface area contributed by atoms with Gasteiger partial charge in [-0.05, 0) is 24.6 Å². The predicted octanol–water partition coefficient (Wildman–Crippen LogP) is 1.01. The van der Waals surface area contributed by atoms with E-state index in [4.69, 9.17) is 14.6 Å². The van der Waals surface area contributed by atoms with Crippen molar-refractivity contribution in [2.24, 2.45) is 0 Å². The molecule has 1 heterocycles. The van der Waals surface area contributed by atoms with Gasteiger partial charge in [0.1, 0.15) is 6.04 Å². The van der Waals surface area contributed by atoms with Gasteiger partial charge in [0, 0.05) is 5.56 Å². The van der Waals surface area contributed by atoms with Gasteiger partial charge in [-0.25, -0.2) is 4.79 Å². The van der Waals surface area contributed by atoms with Crippen molar-refractivity contribution in [1.29, 1.82) is 0 Å². The zero-order valence-corrected chi connectivity index (χ0v) is 9.80. The molecule has 0 spiro atoms. The van der Waals surface area contributed by atoms with E-state index in [1.54, 1.807) is 19.1 Å². The van der Waals surface area contributed by atoms with Crippen LogP contribution in [0.15, 0.2) is 18.2 Å². The lowest BCUT2D eigenvalue weighted by molar-refractivity contribution is -0.139. The third kappa shape index (κ3) is 2.37. The number of carbonyl (C=O) groups excluding carboxylic acids is 1. The van der Waals surface area contributed by atoms with Gasteiger partial charge in [-0.2, -0.15) is 0 Å². The summed E-state index contributed by atoms with van der Waals surface area (Å²) in [5, 5.41) is 11.3. The lowest BCUT2D eigenvalue weighted by atomic mass is 10.1. The molecular formula is C12H13NO5. The summed E-state index contributed by atoms with van der Waals surface area (Å²) in [7, 11) is 0. The number of carboxylic acid groups (broad SMARTS) is 1. The molecule has 1 aromatic rings. The Kier molecular flexibility index (Phi) is 3.36. The van der Waals surface area contributed by atoms with Gasteiger partial charge < -0.3 is 19.9 Å². The number of amides is 1. The Labute approximate surface area is 104 Å². The monoisotopic (exact) mass is 251 g/mol. The van der Waals surface area contributed by atoms with Crippen LogP contribution in [0.1, 0.15) is 23.7 Å². The molecule has 0 unspecified atom stereocenters. The van der Waals surface area contributed by atoms with Crippen molar-refractivity contribution in [2.45, 2.75) is 19.4 Å². The van der Waals surface area contributed by atoms with E-state index in [1.165, 1.54) is 6.07 Å². The van der Waals surface area contributed by atoms with Crippen molar-refractivity contribution in [3.63, 3.8) is 0 Å². The zero-order chi connectivity index (χ0) is 13.1. The average molecular weight is 251 g/mol. The molecule has 0 bridgehead atoms. The molecule has 1 amide bonds. The van der Waals surface area contributed by atoms with Gasteiger partial charge in [-0.15, -0.1) is 0 Å². The van der Waals surface area contributed by atoms with Crippen LogP contribution in [0.4, 0.5) is 0 Å². The van der Waals surface area contributed by atoms with Crippen LogP contribution in [-0.4, -0.2) is 29.8 Å². The van der Waals surface area contributed by atoms with Crippen LogP contribution in [0.25, 0.3) is 0 Å². The molecule has 0 radical (unpaired) electrons. The molecule has 1 aliphatic heterocycles. The summed E-state index contributed by atoms with van der Waals surface area (Å²) >= 11 is 0. The number of fused-ring (bicyclic) bond motifs is 1. The van der Waals surface area contributed by atoms with Gasteiger partial charge in [-0.1, -0.05) is 6.92 Å². The number of ether oxygens (including phenoxy) is 2. The molecule has 1 aliphatic rings. The van der Waals surface area contributed by atoms with Crippen molar-refractivity contribution in [2.75, 3.05) is 6.79 Å². The second-order valence-electron chi connectivity index (χ2n) is 3.84. The van der Waals surface area contributed by atoms with Crippen LogP contribution < -0.4 is 14.8 Å². The number of benzene rings is 1. The second kappa shape index (κ2) is 4.95. The topological polar surface area (TPSA) is 84.9 Å². The first-order valence-electron chi connectivity index (χ1n) is 5.55. The molecule has 96 valence electrons. The lowest BCUT2D eigenvalue weighted by Crippen LogP contribution is -2.40. The van der Waals surface area contributed by atoms with Gasteiger partial charge in [0.2, 0.25) is 6.79 Å². The summed E-state index contributed by atoms with van der Waals surface area (Å²) < 4.78 is 10.3. The third-order valence-electron chi connectivity index (χ3n) is 2.65. The maximum absolute atomic E-state index is 11.8. The normalized spacial score (nSPS) is 14.1. The van der Waals surface area contributed by atoms with E-state index in [0.29, 0.717) is 23.5 Å². The van der Waals surface area contributed by atoms with Crippen molar-refractivity contribution >= 4 is 11.9 Å². The Balaban J connectivity index is 2.12. The van der Waals surface area contributed by atoms with Crippen molar-refractivity contribution < 1.29 is 24.2 Å². The molecule has 0 saturated carbocycles. The summed E-state index contributed by atoms with van der Waals surface area (Å²) in [6.07, 6.45) is 0.325. The number of aliphatic carboxylic acids is 1. The van der Waals surface area contributed by atoms with Crippen LogP contribution >= 0.6 is 0 Å². The molecule has 0 aromatic heterocycles. The quantitative estimate of drug-likeness (QED) is 0.834. The largest absolute Gasteiger partial charge is 0.480 e. The van der Waals surface area contributed by atoms with Crippen molar-refractivity contribution in [3.8, 4) is 11.5 Å². The highest BCUT2D eigenvalue weighted by molar-refractivity contribution is 5.97. The Bertz CT molecular complexity index is 485. The van der Waals surface area contributed by atoms with Crippen LogP contribution in [0.5, 0.6) is 11.5 Å². The van der Waals surface area contributed by atoms with E-state index in [2.05, 4.69) is 5.32 Å². The number of rotatable bonds is 4. The highest BCUT2D eigenvalue weighted by atomic mass is 16.7. The van der Waals surface area contributed by atoms with E-state index >= 15 is 0 Å². The SMILES string of the molecule is CC[C@H](NC(=O)c1ccc2c(c1)OCO2)C(=O)O. The predicted molar refractivity (Wildman–Crippen MR) is 61.7 cm³/mol. The molecule has 0 fully saturated rings. The molecule has 0 aliphatic carbocycles. The maximum atomic E-state index is 11.8. The molecule has 2 N–H and O–H groups in total.